The lowest BCUT2D eigenvalue weighted by molar-refractivity contribution is 1.07. The maximum atomic E-state index is 10.4. The van der Waals surface area contributed by atoms with Gasteiger partial charge in [0.15, 0.2) is 0 Å². The maximum absolute atomic E-state index is 10.4. The van der Waals surface area contributed by atoms with Crippen LogP contribution in [-0.2, 0) is 6.54 Å². The zero-order chi connectivity index (χ0) is 11.7. The van der Waals surface area contributed by atoms with E-state index in [4.69, 9.17) is 0 Å². The molecule has 2 nitrogen and oxygen atoms in total. The Balaban J connectivity index is 2.43. The highest BCUT2D eigenvalue weighted by atomic mass is 16.3. The molecule has 0 fully saturated rings. The van der Waals surface area contributed by atoms with Crippen molar-refractivity contribution in [1.29, 1.82) is 0 Å². The predicted octanol–water partition coefficient (Wildman–Crippen LogP) is 4.26. The fourth-order valence-corrected chi connectivity index (χ4v) is 2.31. The fraction of sp³-hybridized carbons (Fsp3) is 0.0667. The number of hydrogen-bond acceptors (Lipinski definition) is 2. The first-order chi connectivity index (χ1) is 8.40. The van der Waals surface area contributed by atoms with Crippen LogP contribution in [0, 0.1) is 4.91 Å². The quantitative estimate of drug-likeness (QED) is 0.469. The number of hydrogen-bond donors (Lipinski definition) is 0. The van der Waals surface area contributed by atoms with Crippen LogP contribution in [0.5, 0.6) is 0 Å². The summed E-state index contributed by atoms with van der Waals surface area (Å²) in [4.78, 5) is 10.4. The number of benzene rings is 3. The molecule has 0 saturated carbocycles. The van der Waals surface area contributed by atoms with Crippen LogP contribution in [-0.4, -0.2) is 0 Å². The molecule has 82 valence electrons. The monoisotopic (exact) mass is 221 g/mol. The van der Waals surface area contributed by atoms with E-state index >= 15 is 0 Å². The summed E-state index contributed by atoms with van der Waals surface area (Å²) in [7, 11) is 0. The lowest BCUT2D eigenvalue weighted by Crippen LogP contribution is -1.85. The van der Waals surface area contributed by atoms with Gasteiger partial charge in [-0.1, -0.05) is 59.8 Å². The third-order valence-electron chi connectivity index (χ3n) is 3.11. The van der Waals surface area contributed by atoms with Crippen LogP contribution in [0.1, 0.15) is 5.56 Å². The van der Waals surface area contributed by atoms with Gasteiger partial charge in [-0.2, -0.15) is 4.91 Å². The largest absolute Gasteiger partial charge is 0.150 e. The Morgan fingerprint density at radius 1 is 0.765 bits per heavy atom. The van der Waals surface area contributed by atoms with Crippen molar-refractivity contribution in [2.24, 2.45) is 5.18 Å². The predicted molar refractivity (Wildman–Crippen MR) is 71.0 cm³/mol. The average molecular weight is 221 g/mol. The van der Waals surface area contributed by atoms with Crippen molar-refractivity contribution in [2.45, 2.75) is 6.54 Å². The second-order valence-electron chi connectivity index (χ2n) is 4.09. The standard InChI is InChI=1S/C15H11NO/c17-16-10-12-5-3-7-15-13-6-2-1-4-11(13)8-9-14(12)15/h1-9H,10H2. The Morgan fingerprint density at radius 2 is 1.59 bits per heavy atom. The summed E-state index contributed by atoms with van der Waals surface area (Å²) < 4.78 is 0. The molecule has 0 aliphatic carbocycles. The Labute approximate surface area is 98.9 Å². The molecule has 3 aromatic carbocycles. The summed E-state index contributed by atoms with van der Waals surface area (Å²) in [6.45, 7) is 0.232. The van der Waals surface area contributed by atoms with E-state index in [2.05, 4.69) is 35.5 Å². The third kappa shape index (κ3) is 1.58. The molecular formula is C15H11NO. The number of fused-ring (bicyclic) bond motifs is 3. The summed E-state index contributed by atoms with van der Waals surface area (Å²) in [5.41, 5.74) is 0.989. The molecular weight excluding hydrogens is 210 g/mol. The number of rotatable bonds is 2. The average Bonchev–Trinajstić information content (AvgIpc) is 2.39. The summed E-state index contributed by atoms with van der Waals surface area (Å²) in [5, 5.41) is 7.73. The second-order valence-corrected chi connectivity index (χ2v) is 4.09. The SMILES string of the molecule is O=NCc1cccc2c1ccc1ccccc12. The van der Waals surface area contributed by atoms with Crippen molar-refractivity contribution in [1.82, 2.24) is 0 Å². The normalized spacial score (nSPS) is 10.8. The van der Waals surface area contributed by atoms with Crippen molar-refractivity contribution >= 4 is 21.5 Å². The molecule has 3 aromatic rings. The van der Waals surface area contributed by atoms with Crippen LogP contribution in [0.15, 0.2) is 59.8 Å². The lowest BCUT2D eigenvalue weighted by atomic mass is 9.98. The van der Waals surface area contributed by atoms with Gasteiger partial charge < -0.3 is 0 Å². The van der Waals surface area contributed by atoms with E-state index in [0.717, 1.165) is 10.9 Å². The van der Waals surface area contributed by atoms with Gasteiger partial charge in [-0.3, -0.25) is 0 Å². The van der Waals surface area contributed by atoms with Crippen molar-refractivity contribution in [3.05, 3.63) is 65.1 Å². The van der Waals surface area contributed by atoms with Gasteiger partial charge >= 0.3 is 0 Å². The van der Waals surface area contributed by atoms with Crippen LogP contribution in [0.2, 0.25) is 0 Å². The van der Waals surface area contributed by atoms with Crippen molar-refractivity contribution < 1.29 is 0 Å². The van der Waals surface area contributed by atoms with Gasteiger partial charge in [0.2, 0.25) is 0 Å². The minimum Gasteiger partial charge on any atom is -0.150 e. The highest BCUT2D eigenvalue weighted by Crippen LogP contribution is 2.27. The van der Waals surface area contributed by atoms with Crippen molar-refractivity contribution in [2.75, 3.05) is 0 Å². The molecule has 0 atom stereocenters. The second kappa shape index (κ2) is 3.98. The molecule has 0 aliphatic rings. The Bertz CT molecular complexity index is 703. The molecule has 2 heteroatoms. The first-order valence-corrected chi connectivity index (χ1v) is 5.58. The van der Waals surface area contributed by atoms with Gasteiger partial charge in [0.05, 0.1) is 0 Å². The van der Waals surface area contributed by atoms with E-state index in [0.29, 0.717) is 0 Å². The lowest BCUT2D eigenvalue weighted by Gasteiger charge is -2.06. The molecule has 0 radical (unpaired) electrons. The van der Waals surface area contributed by atoms with Crippen LogP contribution in [0.25, 0.3) is 21.5 Å². The highest BCUT2D eigenvalue weighted by molar-refractivity contribution is 6.08. The van der Waals surface area contributed by atoms with Crippen molar-refractivity contribution in [3.63, 3.8) is 0 Å². The fourth-order valence-electron chi connectivity index (χ4n) is 2.31. The molecule has 0 spiro atoms. The summed E-state index contributed by atoms with van der Waals surface area (Å²) in [6.07, 6.45) is 0. The number of nitroso groups, excluding NO2 is 1. The molecule has 0 amide bonds. The van der Waals surface area contributed by atoms with Gasteiger partial charge in [-0.25, -0.2) is 0 Å². The molecule has 0 unspecified atom stereocenters. The van der Waals surface area contributed by atoms with Crippen LogP contribution in [0.3, 0.4) is 0 Å². The first kappa shape index (κ1) is 9.97. The van der Waals surface area contributed by atoms with Crippen LogP contribution >= 0.6 is 0 Å². The van der Waals surface area contributed by atoms with E-state index < -0.39 is 0 Å². The zero-order valence-electron chi connectivity index (χ0n) is 9.26. The number of nitrogens with zero attached hydrogens (tertiary/aromatic N) is 1. The van der Waals surface area contributed by atoms with Crippen LogP contribution in [0.4, 0.5) is 0 Å². The minimum absolute atomic E-state index is 0.232. The van der Waals surface area contributed by atoms with Gasteiger partial charge in [-0.15, -0.1) is 0 Å². The van der Waals surface area contributed by atoms with E-state index in [-0.39, 0.29) is 6.54 Å². The first-order valence-electron chi connectivity index (χ1n) is 5.58. The van der Waals surface area contributed by atoms with E-state index in [9.17, 15) is 4.91 Å². The Morgan fingerprint density at radius 3 is 2.47 bits per heavy atom. The molecule has 0 saturated heterocycles. The Kier molecular flexibility index (Phi) is 2.33. The van der Waals surface area contributed by atoms with Crippen molar-refractivity contribution in [3.8, 4) is 0 Å². The van der Waals surface area contributed by atoms with E-state index in [1.165, 1.54) is 16.2 Å². The summed E-state index contributed by atoms with van der Waals surface area (Å²) in [6, 6.07) is 18.5. The molecule has 0 bridgehead atoms. The van der Waals surface area contributed by atoms with E-state index in [1.54, 1.807) is 0 Å². The molecule has 17 heavy (non-hydrogen) atoms. The molecule has 3 rings (SSSR count). The maximum Gasteiger partial charge on any atom is 0.107 e. The van der Waals surface area contributed by atoms with Gasteiger partial charge in [-0.05, 0) is 27.1 Å². The van der Waals surface area contributed by atoms with Gasteiger partial charge in [0.1, 0.15) is 6.54 Å². The van der Waals surface area contributed by atoms with Crippen LogP contribution < -0.4 is 0 Å². The topological polar surface area (TPSA) is 29.4 Å². The molecule has 0 N–H and O–H groups in total. The third-order valence-corrected chi connectivity index (χ3v) is 3.11. The van der Waals surface area contributed by atoms with Gasteiger partial charge in [0, 0.05) is 0 Å². The zero-order valence-corrected chi connectivity index (χ0v) is 9.26. The molecule has 0 heterocycles. The summed E-state index contributed by atoms with van der Waals surface area (Å²) in [5.74, 6) is 0. The highest BCUT2D eigenvalue weighted by Gasteiger charge is 2.03. The summed E-state index contributed by atoms with van der Waals surface area (Å²) >= 11 is 0. The molecule has 0 aromatic heterocycles. The Hall–Kier alpha value is -2.22. The smallest absolute Gasteiger partial charge is 0.107 e. The minimum atomic E-state index is 0.232. The van der Waals surface area contributed by atoms with E-state index in [1.807, 2.05) is 24.3 Å². The van der Waals surface area contributed by atoms with Gasteiger partial charge in [0.25, 0.3) is 0 Å². The molecule has 0 aliphatic heterocycles.